The Morgan fingerprint density at radius 1 is 1.00 bits per heavy atom. The van der Waals surface area contributed by atoms with E-state index in [1.54, 1.807) is 30.6 Å². The molecule has 2 heterocycles. The molecule has 0 saturated carbocycles. The zero-order valence-corrected chi connectivity index (χ0v) is 15.4. The summed E-state index contributed by atoms with van der Waals surface area (Å²) in [6.45, 7) is 2.42. The van der Waals surface area contributed by atoms with Crippen molar-refractivity contribution in [1.82, 2.24) is 15.3 Å². The molecule has 1 aromatic heterocycles. The SMILES string of the molecule is O=C(NCc1ccc(F)cc1)c1ccc(-c2cc(N3CCCC3)ncn2)cc1. The van der Waals surface area contributed by atoms with E-state index in [2.05, 4.69) is 20.2 Å². The highest BCUT2D eigenvalue weighted by molar-refractivity contribution is 5.94. The fourth-order valence-corrected chi connectivity index (χ4v) is 3.30. The van der Waals surface area contributed by atoms with Gasteiger partial charge < -0.3 is 10.2 Å². The Kier molecular flexibility index (Phi) is 5.28. The van der Waals surface area contributed by atoms with Gasteiger partial charge in [-0.3, -0.25) is 4.79 Å². The van der Waals surface area contributed by atoms with Crippen LogP contribution in [0.2, 0.25) is 0 Å². The molecular weight excluding hydrogens is 355 g/mol. The summed E-state index contributed by atoms with van der Waals surface area (Å²) in [5.41, 5.74) is 3.20. The molecule has 0 atom stereocenters. The first-order chi connectivity index (χ1) is 13.7. The fraction of sp³-hybridized carbons (Fsp3) is 0.227. The summed E-state index contributed by atoms with van der Waals surface area (Å²) in [6.07, 6.45) is 3.98. The molecular formula is C22H21FN4O. The second-order valence-electron chi connectivity index (χ2n) is 6.84. The van der Waals surface area contributed by atoms with Gasteiger partial charge in [-0.25, -0.2) is 14.4 Å². The van der Waals surface area contributed by atoms with E-state index in [1.165, 1.54) is 25.0 Å². The van der Waals surface area contributed by atoms with Crippen molar-refractivity contribution < 1.29 is 9.18 Å². The van der Waals surface area contributed by atoms with Crippen LogP contribution < -0.4 is 10.2 Å². The van der Waals surface area contributed by atoms with Crippen LogP contribution in [0.4, 0.5) is 10.2 Å². The highest BCUT2D eigenvalue weighted by atomic mass is 19.1. The van der Waals surface area contributed by atoms with Gasteiger partial charge >= 0.3 is 0 Å². The fourth-order valence-electron chi connectivity index (χ4n) is 3.30. The molecule has 28 heavy (non-hydrogen) atoms. The van der Waals surface area contributed by atoms with Crippen molar-refractivity contribution in [1.29, 1.82) is 0 Å². The summed E-state index contributed by atoms with van der Waals surface area (Å²) < 4.78 is 12.9. The summed E-state index contributed by atoms with van der Waals surface area (Å²) in [7, 11) is 0. The number of rotatable bonds is 5. The van der Waals surface area contributed by atoms with Crippen molar-refractivity contribution in [3.05, 3.63) is 77.9 Å². The number of anilines is 1. The number of nitrogens with one attached hydrogen (secondary N) is 1. The highest BCUT2D eigenvalue weighted by Crippen LogP contribution is 2.23. The minimum atomic E-state index is -0.289. The minimum absolute atomic E-state index is 0.170. The van der Waals surface area contributed by atoms with Gasteiger partial charge in [-0.2, -0.15) is 0 Å². The molecule has 1 aliphatic rings. The van der Waals surface area contributed by atoms with Crippen LogP contribution >= 0.6 is 0 Å². The summed E-state index contributed by atoms with van der Waals surface area (Å²) in [5.74, 6) is 0.489. The third-order valence-corrected chi connectivity index (χ3v) is 4.89. The predicted octanol–water partition coefficient (Wildman–Crippen LogP) is 3.81. The van der Waals surface area contributed by atoms with Crippen LogP contribution in [0, 0.1) is 5.82 Å². The Labute approximate surface area is 163 Å². The van der Waals surface area contributed by atoms with Crippen molar-refractivity contribution in [3.8, 4) is 11.3 Å². The lowest BCUT2D eigenvalue weighted by Crippen LogP contribution is -2.22. The number of amides is 1. The van der Waals surface area contributed by atoms with Crippen molar-refractivity contribution in [2.45, 2.75) is 19.4 Å². The van der Waals surface area contributed by atoms with Gasteiger partial charge in [-0.1, -0.05) is 24.3 Å². The van der Waals surface area contributed by atoms with Crippen LogP contribution in [0.1, 0.15) is 28.8 Å². The number of hydrogen-bond donors (Lipinski definition) is 1. The van der Waals surface area contributed by atoms with E-state index in [9.17, 15) is 9.18 Å². The standard InChI is InChI=1S/C22H21FN4O/c23-19-9-3-16(4-10-19)14-24-22(28)18-7-5-17(6-8-18)20-13-21(26-15-25-20)27-11-1-2-12-27/h3-10,13,15H,1-2,11-12,14H2,(H,24,28). The molecule has 2 aromatic carbocycles. The molecule has 1 N–H and O–H groups in total. The zero-order valence-electron chi connectivity index (χ0n) is 15.4. The quantitative estimate of drug-likeness (QED) is 0.736. The van der Waals surface area contributed by atoms with E-state index in [4.69, 9.17) is 0 Å². The molecule has 0 bridgehead atoms. The van der Waals surface area contributed by atoms with E-state index in [-0.39, 0.29) is 11.7 Å². The van der Waals surface area contributed by atoms with Crippen molar-refractivity contribution >= 4 is 11.7 Å². The molecule has 1 saturated heterocycles. The smallest absolute Gasteiger partial charge is 0.251 e. The molecule has 142 valence electrons. The number of hydrogen-bond acceptors (Lipinski definition) is 4. The Morgan fingerprint density at radius 2 is 1.71 bits per heavy atom. The molecule has 1 amide bonds. The second-order valence-corrected chi connectivity index (χ2v) is 6.84. The maximum atomic E-state index is 12.9. The number of halogens is 1. The molecule has 4 rings (SSSR count). The van der Waals surface area contributed by atoms with Crippen LogP contribution in [0.3, 0.4) is 0 Å². The predicted molar refractivity (Wildman–Crippen MR) is 106 cm³/mol. The van der Waals surface area contributed by atoms with Gasteiger partial charge in [-0.15, -0.1) is 0 Å². The highest BCUT2D eigenvalue weighted by Gasteiger charge is 2.14. The molecule has 3 aromatic rings. The molecule has 6 heteroatoms. The maximum Gasteiger partial charge on any atom is 0.251 e. The topological polar surface area (TPSA) is 58.1 Å². The zero-order chi connectivity index (χ0) is 19.3. The Balaban J connectivity index is 1.42. The molecule has 0 radical (unpaired) electrons. The first kappa shape index (κ1) is 18.1. The maximum absolute atomic E-state index is 12.9. The average Bonchev–Trinajstić information content (AvgIpc) is 3.28. The van der Waals surface area contributed by atoms with E-state index in [0.29, 0.717) is 12.1 Å². The first-order valence-electron chi connectivity index (χ1n) is 9.39. The Morgan fingerprint density at radius 3 is 2.43 bits per heavy atom. The van der Waals surface area contributed by atoms with Crippen molar-refractivity contribution in [2.24, 2.45) is 0 Å². The molecule has 1 aliphatic heterocycles. The lowest BCUT2D eigenvalue weighted by molar-refractivity contribution is 0.0951. The largest absolute Gasteiger partial charge is 0.357 e. The van der Waals surface area contributed by atoms with Crippen LogP contribution in [0.5, 0.6) is 0 Å². The minimum Gasteiger partial charge on any atom is -0.357 e. The van der Waals surface area contributed by atoms with Gasteiger partial charge in [-0.05, 0) is 42.7 Å². The molecule has 0 unspecified atom stereocenters. The number of carbonyl (C=O) groups is 1. The van der Waals surface area contributed by atoms with Gasteiger partial charge in [0.1, 0.15) is 18.0 Å². The Bertz CT molecular complexity index is 951. The van der Waals surface area contributed by atoms with Gasteiger partial charge in [0.25, 0.3) is 5.91 Å². The van der Waals surface area contributed by atoms with Crippen molar-refractivity contribution in [2.75, 3.05) is 18.0 Å². The van der Waals surface area contributed by atoms with Gasteiger partial charge in [0, 0.05) is 36.8 Å². The van der Waals surface area contributed by atoms with E-state index < -0.39 is 0 Å². The molecule has 0 spiro atoms. The average molecular weight is 376 g/mol. The van der Waals surface area contributed by atoms with Crippen molar-refractivity contribution in [3.63, 3.8) is 0 Å². The van der Waals surface area contributed by atoms with Crippen LogP contribution in [-0.2, 0) is 6.54 Å². The summed E-state index contributed by atoms with van der Waals surface area (Å²) in [5, 5.41) is 2.85. The summed E-state index contributed by atoms with van der Waals surface area (Å²) >= 11 is 0. The third-order valence-electron chi connectivity index (χ3n) is 4.89. The molecule has 5 nitrogen and oxygen atoms in total. The number of carbonyl (C=O) groups excluding carboxylic acids is 1. The van der Waals surface area contributed by atoms with Gasteiger partial charge in [0.05, 0.1) is 5.69 Å². The monoisotopic (exact) mass is 376 g/mol. The van der Waals surface area contributed by atoms with Crippen LogP contribution in [-0.4, -0.2) is 29.0 Å². The first-order valence-corrected chi connectivity index (χ1v) is 9.39. The van der Waals surface area contributed by atoms with E-state index in [1.807, 2.05) is 18.2 Å². The normalized spacial score (nSPS) is 13.5. The summed E-state index contributed by atoms with van der Waals surface area (Å²) in [6, 6.07) is 15.4. The summed E-state index contributed by atoms with van der Waals surface area (Å²) in [4.78, 5) is 23.4. The number of benzene rings is 2. The number of nitrogens with zero attached hydrogens (tertiary/aromatic N) is 3. The number of aromatic nitrogens is 2. The van der Waals surface area contributed by atoms with Gasteiger partial charge in [0.2, 0.25) is 0 Å². The van der Waals surface area contributed by atoms with E-state index in [0.717, 1.165) is 35.7 Å². The lowest BCUT2D eigenvalue weighted by atomic mass is 10.1. The Hall–Kier alpha value is -3.28. The lowest BCUT2D eigenvalue weighted by Gasteiger charge is -2.16. The van der Waals surface area contributed by atoms with E-state index >= 15 is 0 Å². The van der Waals surface area contributed by atoms with Crippen LogP contribution in [0.15, 0.2) is 60.9 Å². The van der Waals surface area contributed by atoms with Gasteiger partial charge in [0.15, 0.2) is 0 Å². The third kappa shape index (κ3) is 4.17. The molecule has 0 aliphatic carbocycles. The van der Waals surface area contributed by atoms with Crippen LogP contribution in [0.25, 0.3) is 11.3 Å². The second kappa shape index (κ2) is 8.17. The molecule has 1 fully saturated rings.